The molecule has 0 bridgehead atoms. The lowest BCUT2D eigenvalue weighted by Gasteiger charge is -2.14. The number of rotatable bonds is 5. The van der Waals surface area contributed by atoms with E-state index in [4.69, 9.17) is 4.74 Å². The summed E-state index contributed by atoms with van der Waals surface area (Å²) in [6.45, 7) is 2.63. The minimum atomic E-state index is -0.344. The first-order valence-electron chi connectivity index (χ1n) is 6.76. The number of carbonyl (C=O) groups excluding carboxylic acids is 1. The number of hydrogen-bond donors (Lipinski definition) is 1. The van der Waals surface area contributed by atoms with Crippen LogP contribution in [0.5, 0.6) is 0 Å². The van der Waals surface area contributed by atoms with Crippen molar-refractivity contribution in [2.75, 3.05) is 7.11 Å². The van der Waals surface area contributed by atoms with Gasteiger partial charge in [-0.15, -0.1) is 12.4 Å². The highest BCUT2D eigenvalue weighted by molar-refractivity contribution is 5.89. The molecular weight excluding hydrogens is 305 g/mol. The summed E-state index contributed by atoms with van der Waals surface area (Å²) in [6.07, 6.45) is 0. The molecule has 0 radical (unpaired) electrons. The molecule has 3 nitrogen and oxygen atoms in total. The van der Waals surface area contributed by atoms with Gasteiger partial charge < -0.3 is 10.1 Å². The van der Waals surface area contributed by atoms with Gasteiger partial charge in [0, 0.05) is 12.6 Å². The molecule has 0 unspecified atom stereocenters. The topological polar surface area (TPSA) is 38.3 Å². The second kappa shape index (κ2) is 8.51. The second-order valence-corrected chi connectivity index (χ2v) is 4.85. The molecule has 0 aliphatic carbocycles. The summed E-state index contributed by atoms with van der Waals surface area (Å²) >= 11 is 0. The van der Waals surface area contributed by atoms with Crippen LogP contribution in [-0.2, 0) is 11.3 Å². The van der Waals surface area contributed by atoms with Gasteiger partial charge in [-0.25, -0.2) is 9.18 Å². The number of ether oxygens (including phenoxy) is 1. The third kappa shape index (κ3) is 4.83. The SMILES string of the molecule is COC(=O)c1cccc(CN[C@H](C)c2ccc(F)cc2)c1.Cl. The van der Waals surface area contributed by atoms with Crippen LogP contribution in [-0.4, -0.2) is 13.1 Å². The van der Waals surface area contributed by atoms with Gasteiger partial charge in [-0.05, 0) is 42.3 Å². The van der Waals surface area contributed by atoms with Crippen LogP contribution in [0.25, 0.3) is 0 Å². The number of methoxy groups -OCH3 is 1. The molecule has 0 aromatic heterocycles. The van der Waals surface area contributed by atoms with E-state index in [9.17, 15) is 9.18 Å². The molecule has 0 heterocycles. The average Bonchev–Trinajstić information content (AvgIpc) is 2.52. The van der Waals surface area contributed by atoms with Gasteiger partial charge in [-0.2, -0.15) is 0 Å². The van der Waals surface area contributed by atoms with Crippen molar-refractivity contribution in [2.24, 2.45) is 0 Å². The van der Waals surface area contributed by atoms with Crippen molar-refractivity contribution >= 4 is 18.4 Å². The fourth-order valence-corrected chi connectivity index (χ4v) is 2.07. The van der Waals surface area contributed by atoms with Gasteiger partial charge in [0.05, 0.1) is 12.7 Å². The van der Waals surface area contributed by atoms with E-state index in [1.807, 2.05) is 19.1 Å². The number of nitrogens with one attached hydrogen (secondary N) is 1. The van der Waals surface area contributed by atoms with E-state index in [1.54, 1.807) is 24.3 Å². The smallest absolute Gasteiger partial charge is 0.337 e. The molecule has 0 saturated heterocycles. The van der Waals surface area contributed by atoms with Crippen LogP contribution in [0.2, 0.25) is 0 Å². The molecule has 0 fully saturated rings. The Labute approximate surface area is 135 Å². The van der Waals surface area contributed by atoms with E-state index in [0.717, 1.165) is 11.1 Å². The summed E-state index contributed by atoms with van der Waals surface area (Å²) in [6, 6.07) is 13.8. The zero-order valence-corrected chi connectivity index (χ0v) is 13.3. The fourth-order valence-electron chi connectivity index (χ4n) is 2.07. The molecule has 0 aliphatic heterocycles. The molecule has 118 valence electrons. The maximum atomic E-state index is 12.9. The molecule has 1 N–H and O–H groups in total. The van der Waals surface area contributed by atoms with Crippen molar-refractivity contribution in [2.45, 2.75) is 19.5 Å². The van der Waals surface area contributed by atoms with Crippen molar-refractivity contribution in [3.63, 3.8) is 0 Å². The van der Waals surface area contributed by atoms with Gasteiger partial charge in [-0.1, -0.05) is 24.3 Å². The first-order chi connectivity index (χ1) is 10.1. The first-order valence-corrected chi connectivity index (χ1v) is 6.76. The Balaban J connectivity index is 0.00000242. The van der Waals surface area contributed by atoms with E-state index in [2.05, 4.69) is 5.32 Å². The molecular formula is C17H19ClFNO2. The summed E-state index contributed by atoms with van der Waals surface area (Å²) in [7, 11) is 1.36. The van der Waals surface area contributed by atoms with Crippen LogP contribution in [0, 0.1) is 5.82 Å². The molecule has 0 amide bonds. The van der Waals surface area contributed by atoms with Gasteiger partial charge in [-0.3, -0.25) is 0 Å². The fraction of sp³-hybridized carbons (Fsp3) is 0.235. The standard InChI is InChI=1S/C17H18FNO2.ClH/c1-12(14-6-8-16(18)9-7-14)19-11-13-4-3-5-15(10-13)17(20)21-2;/h3-10,12,19H,11H2,1-2H3;1H/t12-;/m1./s1. The maximum Gasteiger partial charge on any atom is 0.337 e. The normalized spacial score (nSPS) is 11.4. The summed E-state index contributed by atoms with van der Waals surface area (Å²) in [5, 5.41) is 3.34. The Morgan fingerprint density at radius 3 is 2.55 bits per heavy atom. The number of carbonyl (C=O) groups is 1. The maximum absolute atomic E-state index is 12.9. The van der Waals surface area contributed by atoms with Gasteiger partial charge in [0.25, 0.3) is 0 Å². The number of halogens is 2. The molecule has 5 heteroatoms. The summed E-state index contributed by atoms with van der Waals surface area (Å²) in [4.78, 5) is 11.5. The largest absolute Gasteiger partial charge is 0.465 e. The van der Waals surface area contributed by atoms with Crippen molar-refractivity contribution in [1.82, 2.24) is 5.32 Å². The lowest BCUT2D eigenvalue weighted by Crippen LogP contribution is -2.18. The van der Waals surface area contributed by atoms with Crippen molar-refractivity contribution in [3.8, 4) is 0 Å². The Morgan fingerprint density at radius 1 is 1.23 bits per heavy atom. The third-order valence-corrected chi connectivity index (χ3v) is 3.33. The monoisotopic (exact) mass is 323 g/mol. The van der Waals surface area contributed by atoms with Crippen molar-refractivity contribution in [3.05, 3.63) is 71.0 Å². The molecule has 0 saturated carbocycles. The molecule has 0 aliphatic rings. The zero-order valence-electron chi connectivity index (χ0n) is 12.5. The Bertz CT molecular complexity index is 616. The van der Waals surface area contributed by atoms with E-state index in [-0.39, 0.29) is 30.2 Å². The van der Waals surface area contributed by atoms with E-state index in [0.29, 0.717) is 12.1 Å². The Kier molecular flexibility index (Phi) is 7.02. The first kappa shape index (κ1) is 18.1. The van der Waals surface area contributed by atoms with E-state index in [1.165, 1.54) is 19.2 Å². The van der Waals surface area contributed by atoms with Crippen LogP contribution in [0.4, 0.5) is 4.39 Å². The number of benzene rings is 2. The van der Waals surface area contributed by atoms with Gasteiger partial charge >= 0.3 is 5.97 Å². The molecule has 2 rings (SSSR count). The summed E-state index contributed by atoms with van der Waals surface area (Å²) < 4.78 is 17.6. The molecule has 0 spiro atoms. The quantitative estimate of drug-likeness (QED) is 0.848. The Morgan fingerprint density at radius 2 is 1.91 bits per heavy atom. The van der Waals surface area contributed by atoms with E-state index >= 15 is 0 Å². The van der Waals surface area contributed by atoms with Gasteiger partial charge in [0.2, 0.25) is 0 Å². The van der Waals surface area contributed by atoms with Crippen LogP contribution in [0.1, 0.15) is 34.5 Å². The second-order valence-electron chi connectivity index (χ2n) is 4.85. The highest BCUT2D eigenvalue weighted by Crippen LogP contribution is 2.14. The highest BCUT2D eigenvalue weighted by Gasteiger charge is 2.08. The van der Waals surface area contributed by atoms with Crippen LogP contribution < -0.4 is 5.32 Å². The molecule has 2 aromatic rings. The zero-order chi connectivity index (χ0) is 15.2. The average molecular weight is 324 g/mol. The summed E-state index contributed by atoms with van der Waals surface area (Å²) in [5.41, 5.74) is 2.54. The molecule has 1 atom stereocenters. The predicted octanol–water partition coefficient (Wildman–Crippen LogP) is 3.88. The highest BCUT2D eigenvalue weighted by atomic mass is 35.5. The van der Waals surface area contributed by atoms with Crippen molar-refractivity contribution < 1.29 is 13.9 Å². The van der Waals surface area contributed by atoms with Gasteiger partial charge in [0.15, 0.2) is 0 Å². The molecule has 22 heavy (non-hydrogen) atoms. The van der Waals surface area contributed by atoms with Gasteiger partial charge in [0.1, 0.15) is 5.82 Å². The van der Waals surface area contributed by atoms with Crippen LogP contribution >= 0.6 is 12.4 Å². The number of hydrogen-bond acceptors (Lipinski definition) is 3. The lowest BCUT2D eigenvalue weighted by molar-refractivity contribution is 0.0600. The number of esters is 1. The van der Waals surface area contributed by atoms with Crippen LogP contribution in [0.15, 0.2) is 48.5 Å². The van der Waals surface area contributed by atoms with Crippen LogP contribution in [0.3, 0.4) is 0 Å². The minimum Gasteiger partial charge on any atom is -0.465 e. The molecule has 2 aromatic carbocycles. The van der Waals surface area contributed by atoms with E-state index < -0.39 is 0 Å². The minimum absolute atomic E-state index is 0. The lowest BCUT2D eigenvalue weighted by atomic mass is 10.1. The summed E-state index contributed by atoms with van der Waals surface area (Å²) in [5.74, 6) is -0.583. The van der Waals surface area contributed by atoms with Crippen molar-refractivity contribution in [1.29, 1.82) is 0 Å². The Hall–Kier alpha value is -1.91. The predicted molar refractivity (Wildman–Crippen MR) is 86.7 cm³/mol. The third-order valence-electron chi connectivity index (χ3n) is 3.33.